The summed E-state index contributed by atoms with van der Waals surface area (Å²) in [5.41, 5.74) is 1.91. The van der Waals surface area contributed by atoms with Gasteiger partial charge in [-0.05, 0) is 19.1 Å². The minimum atomic E-state index is 0.0506. The van der Waals surface area contributed by atoms with Crippen molar-refractivity contribution in [2.75, 3.05) is 6.61 Å². The van der Waals surface area contributed by atoms with Gasteiger partial charge in [0.05, 0.1) is 12.0 Å². The number of hydrogen-bond acceptors (Lipinski definition) is 5. The number of rotatable bonds is 2. The van der Waals surface area contributed by atoms with Crippen LogP contribution in [0.15, 0.2) is 35.1 Å². The van der Waals surface area contributed by atoms with Crippen LogP contribution in [0.25, 0.3) is 21.9 Å². The molecule has 0 aromatic carbocycles. The van der Waals surface area contributed by atoms with Crippen LogP contribution in [0.2, 0.25) is 0 Å². The van der Waals surface area contributed by atoms with Gasteiger partial charge >= 0.3 is 0 Å². The first-order valence-corrected chi connectivity index (χ1v) is 5.64. The highest BCUT2D eigenvalue weighted by molar-refractivity contribution is 6.14. The molecule has 0 aliphatic rings. The number of aromatic nitrogens is 2. The first-order valence-electron chi connectivity index (χ1n) is 5.64. The molecule has 3 aromatic rings. The molecule has 3 rings (SSSR count). The first kappa shape index (κ1) is 10.7. The van der Waals surface area contributed by atoms with Gasteiger partial charge in [0.25, 0.3) is 0 Å². The van der Waals surface area contributed by atoms with Crippen molar-refractivity contribution >= 4 is 27.8 Å². The zero-order valence-corrected chi connectivity index (χ0v) is 9.80. The molecular weight excluding hydrogens is 230 g/mol. The molecule has 0 saturated carbocycles. The van der Waals surface area contributed by atoms with E-state index in [1.165, 1.54) is 0 Å². The van der Waals surface area contributed by atoms with Gasteiger partial charge < -0.3 is 9.15 Å². The predicted molar refractivity (Wildman–Crippen MR) is 67.8 cm³/mol. The van der Waals surface area contributed by atoms with E-state index in [4.69, 9.17) is 14.6 Å². The quantitative estimate of drug-likeness (QED) is 0.553. The van der Waals surface area contributed by atoms with Crippen LogP contribution in [-0.4, -0.2) is 22.5 Å². The van der Waals surface area contributed by atoms with Gasteiger partial charge in [-0.2, -0.15) is 0 Å². The molecule has 1 N–H and O–H groups in total. The summed E-state index contributed by atoms with van der Waals surface area (Å²) in [6, 6.07) is 3.57. The molecule has 0 spiro atoms. The molecule has 0 amide bonds. The summed E-state index contributed by atoms with van der Waals surface area (Å²) < 4.78 is 10.9. The maximum Gasteiger partial charge on any atom is 0.233 e. The summed E-state index contributed by atoms with van der Waals surface area (Å²) in [5, 5.41) is 9.50. The molecule has 3 aromatic heterocycles. The second-order valence-electron chi connectivity index (χ2n) is 3.77. The molecule has 0 aliphatic heterocycles. The lowest BCUT2D eigenvalue weighted by atomic mass is 10.1. The maximum atomic E-state index is 7.88. The molecule has 5 nitrogen and oxygen atoms in total. The van der Waals surface area contributed by atoms with Gasteiger partial charge in [-0.25, -0.2) is 0 Å². The summed E-state index contributed by atoms with van der Waals surface area (Å²) in [6.07, 6.45) is 5.00. The van der Waals surface area contributed by atoms with E-state index >= 15 is 0 Å². The molecule has 0 bridgehead atoms. The van der Waals surface area contributed by atoms with Crippen molar-refractivity contribution in [3.8, 4) is 0 Å². The number of ether oxygens (including phenoxy) is 1. The van der Waals surface area contributed by atoms with Gasteiger partial charge in [0.1, 0.15) is 16.9 Å². The number of nitrogens with zero attached hydrogens (tertiary/aromatic N) is 2. The van der Waals surface area contributed by atoms with E-state index < -0.39 is 0 Å². The number of pyridine rings is 2. The van der Waals surface area contributed by atoms with E-state index in [0.29, 0.717) is 17.9 Å². The fourth-order valence-corrected chi connectivity index (χ4v) is 1.95. The number of fused-ring (bicyclic) bond motifs is 3. The Morgan fingerprint density at radius 3 is 3.00 bits per heavy atom. The van der Waals surface area contributed by atoms with E-state index in [9.17, 15) is 0 Å². The standard InChI is InChI=1S/C13H11N3O2/c1-2-17-13(14)12-11-8-7-15-5-3-9(8)18-10(11)4-6-16-12/h3-7,14H,2H2,1H3. The van der Waals surface area contributed by atoms with Crippen molar-refractivity contribution in [1.82, 2.24) is 9.97 Å². The van der Waals surface area contributed by atoms with Crippen LogP contribution in [0, 0.1) is 5.41 Å². The summed E-state index contributed by atoms with van der Waals surface area (Å²) in [4.78, 5) is 8.29. The van der Waals surface area contributed by atoms with E-state index in [-0.39, 0.29) is 5.90 Å². The zero-order valence-electron chi connectivity index (χ0n) is 9.80. The Morgan fingerprint density at radius 2 is 2.17 bits per heavy atom. The van der Waals surface area contributed by atoms with Gasteiger partial charge in [-0.1, -0.05) is 0 Å². The Bertz CT molecular complexity index is 733. The number of hydrogen-bond donors (Lipinski definition) is 1. The Kier molecular flexibility index (Phi) is 2.44. The highest BCUT2D eigenvalue weighted by Gasteiger charge is 2.15. The Morgan fingerprint density at radius 1 is 1.33 bits per heavy atom. The van der Waals surface area contributed by atoms with E-state index in [2.05, 4.69) is 9.97 Å². The van der Waals surface area contributed by atoms with Crippen LogP contribution in [-0.2, 0) is 4.74 Å². The largest absolute Gasteiger partial charge is 0.477 e. The SMILES string of the molecule is CCOC(=N)c1nccc2oc3ccncc3c12. The smallest absolute Gasteiger partial charge is 0.233 e. The molecule has 0 aliphatic carbocycles. The predicted octanol–water partition coefficient (Wildman–Crippen LogP) is 2.74. The average Bonchev–Trinajstić information content (AvgIpc) is 2.77. The summed E-state index contributed by atoms with van der Waals surface area (Å²) in [6.45, 7) is 2.27. The van der Waals surface area contributed by atoms with Crippen LogP contribution < -0.4 is 0 Å². The second kappa shape index (κ2) is 4.10. The maximum absolute atomic E-state index is 7.88. The monoisotopic (exact) mass is 241 g/mol. The van der Waals surface area contributed by atoms with E-state index in [0.717, 1.165) is 16.4 Å². The molecule has 0 atom stereocenters. The van der Waals surface area contributed by atoms with Crippen molar-refractivity contribution < 1.29 is 9.15 Å². The minimum absolute atomic E-state index is 0.0506. The molecule has 18 heavy (non-hydrogen) atoms. The van der Waals surface area contributed by atoms with Gasteiger partial charge in [0, 0.05) is 24.0 Å². The molecule has 0 unspecified atom stereocenters. The second-order valence-corrected chi connectivity index (χ2v) is 3.77. The lowest BCUT2D eigenvalue weighted by molar-refractivity contribution is 0.325. The normalized spacial score (nSPS) is 10.9. The van der Waals surface area contributed by atoms with Gasteiger partial charge in [0.2, 0.25) is 5.90 Å². The van der Waals surface area contributed by atoms with Gasteiger partial charge in [-0.15, -0.1) is 0 Å². The lowest BCUT2D eigenvalue weighted by Crippen LogP contribution is -2.07. The van der Waals surface area contributed by atoms with Crippen LogP contribution in [0.1, 0.15) is 12.6 Å². The van der Waals surface area contributed by atoms with Gasteiger partial charge in [-0.3, -0.25) is 15.4 Å². The van der Waals surface area contributed by atoms with Crippen LogP contribution in [0.4, 0.5) is 0 Å². The summed E-state index contributed by atoms with van der Waals surface area (Å²) in [7, 11) is 0. The highest BCUT2D eigenvalue weighted by Crippen LogP contribution is 2.29. The topological polar surface area (TPSA) is 72.0 Å². The summed E-state index contributed by atoms with van der Waals surface area (Å²) in [5.74, 6) is 0.0506. The molecule has 5 heteroatoms. The van der Waals surface area contributed by atoms with Crippen LogP contribution in [0.5, 0.6) is 0 Å². The lowest BCUT2D eigenvalue weighted by Gasteiger charge is -2.04. The molecule has 3 heterocycles. The van der Waals surface area contributed by atoms with E-state index in [1.807, 2.05) is 6.92 Å². The average molecular weight is 241 g/mol. The van der Waals surface area contributed by atoms with Crippen molar-refractivity contribution in [3.63, 3.8) is 0 Å². The Hall–Kier alpha value is -2.43. The fraction of sp³-hybridized carbons (Fsp3) is 0.154. The molecule has 0 saturated heterocycles. The molecule has 0 fully saturated rings. The highest BCUT2D eigenvalue weighted by atomic mass is 16.5. The molecule has 0 radical (unpaired) electrons. The van der Waals surface area contributed by atoms with Gasteiger partial charge in [0.15, 0.2) is 0 Å². The third-order valence-electron chi connectivity index (χ3n) is 2.69. The van der Waals surface area contributed by atoms with Crippen molar-refractivity contribution in [2.24, 2.45) is 0 Å². The van der Waals surface area contributed by atoms with E-state index in [1.54, 1.807) is 30.7 Å². The summed E-state index contributed by atoms with van der Waals surface area (Å²) >= 11 is 0. The van der Waals surface area contributed by atoms with Crippen molar-refractivity contribution in [1.29, 1.82) is 5.41 Å². The number of nitrogens with one attached hydrogen (secondary N) is 1. The first-order chi connectivity index (χ1) is 8.81. The molecule has 90 valence electrons. The Balaban J connectivity index is 2.35. The molecular formula is C13H11N3O2. The third-order valence-corrected chi connectivity index (χ3v) is 2.69. The number of furan rings is 1. The van der Waals surface area contributed by atoms with Crippen molar-refractivity contribution in [2.45, 2.75) is 6.92 Å². The van der Waals surface area contributed by atoms with Crippen LogP contribution in [0.3, 0.4) is 0 Å². The fourth-order valence-electron chi connectivity index (χ4n) is 1.95. The minimum Gasteiger partial charge on any atom is -0.477 e. The van der Waals surface area contributed by atoms with Crippen LogP contribution >= 0.6 is 0 Å². The third kappa shape index (κ3) is 1.52. The zero-order chi connectivity index (χ0) is 12.5. The van der Waals surface area contributed by atoms with Crippen molar-refractivity contribution in [3.05, 3.63) is 36.4 Å². The Labute approximate surface area is 103 Å².